The Balaban J connectivity index is 0.000000431. The zero-order valence-electron chi connectivity index (χ0n) is 16.0. The number of rotatable bonds is 5. The van der Waals surface area contributed by atoms with Gasteiger partial charge in [0.1, 0.15) is 27.7 Å². The molecular formula is C22H22BF4PS. The van der Waals surface area contributed by atoms with E-state index < -0.39 is 14.5 Å². The first-order valence-electron chi connectivity index (χ1n) is 9.32. The van der Waals surface area contributed by atoms with Crippen molar-refractivity contribution >= 4 is 42.2 Å². The predicted molar refractivity (Wildman–Crippen MR) is 121 cm³/mol. The summed E-state index contributed by atoms with van der Waals surface area (Å²) in [5, 5.41) is 4.53. The second-order valence-corrected chi connectivity index (χ2v) is 12.1. The lowest BCUT2D eigenvalue weighted by atomic mass is 10.3. The maximum absolute atomic E-state index is 9.75. The number of thioether (sulfide) groups is 1. The molecule has 1 aliphatic carbocycles. The molecule has 29 heavy (non-hydrogen) atoms. The molecule has 0 N–H and O–H groups in total. The lowest BCUT2D eigenvalue weighted by molar-refractivity contribution is 0.368. The molecule has 0 bridgehead atoms. The van der Waals surface area contributed by atoms with E-state index in [4.69, 9.17) is 0 Å². The zero-order chi connectivity index (χ0) is 21.0. The van der Waals surface area contributed by atoms with E-state index in [1.807, 2.05) is 0 Å². The van der Waals surface area contributed by atoms with Crippen LogP contribution in [0, 0.1) is 0 Å². The van der Waals surface area contributed by atoms with Crippen molar-refractivity contribution in [3.05, 3.63) is 91.0 Å². The van der Waals surface area contributed by atoms with Crippen LogP contribution >= 0.6 is 19.0 Å². The minimum Gasteiger partial charge on any atom is -0.418 e. The van der Waals surface area contributed by atoms with Crippen molar-refractivity contribution in [3.63, 3.8) is 0 Å². The Morgan fingerprint density at radius 2 is 0.931 bits per heavy atom. The Hall–Kier alpha value is -1.78. The largest absolute Gasteiger partial charge is 0.673 e. The summed E-state index contributed by atoms with van der Waals surface area (Å²) in [4.78, 5) is 0. The van der Waals surface area contributed by atoms with Crippen molar-refractivity contribution in [3.8, 4) is 0 Å². The molecule has 0 unspecified atom stereocenters. The number of benzene rings is 3. The van der Waals surface area contributed by atoms with Gasteiger partial charge in [-0.25, -0.2) is 0 Å². The van der Waals surface area contributed by atoms with Crippen LogP contribution in [-0.4, -0.2) is 18.0 Å². The van der Waals surface area contributed by atoms with Crippen molar-refractivity contribution in [2.75, 3.05) is 6.26 Å². The summed E-state index contributed by atoms with van der Waals surface area (Å²) >= 11 is 2.08. The van der Waals surface area contributed by atoms with E-state index in [2.05, 4.69) is 109 Å². The molecule has 1 fully saturated rings. The van der Waals surface area contributed by atoms with Crippen molar-refractivity contribution in [2.24, 2.45) is 0 Å². The van der Waals surface area contributed by atoms with Gasteiger partial charge in [0, 0.05) is 12.8 Å². The van der Waals surface area contributed by atoms with Gasteiger partial charge < -0.3 is 17.3 Å². The van der Waals surface area contributed by atoms with Crippen LogP contribution < -0.4 is 15.9 Å². The second kappa shape index (κ2) is 8.93. The molecule has 4 rings (SSSR count). The van der Waals surface area contributed by atoms with Gasteiger partial charge in [-0.3, -0.25) is 0 Å². The fourth-order valence-corrected chi connectivity index (χ4v) is 11.4. The average molecular weight is 436 g/mol. The van der Waals surface area contributed by atoms with E-state index >= 15 is 0 Å². The van der Waals surface area contributed by atoms with Crippen LogP contribution in [0.4, 0.5) is 17.3 Å². The van der Waals surface area contributed by atoms with Gasteiger partial charge in [0.25, 0.3) is 0 Å². The van der Waals surface area contributed by atoms with Gasteiger partial charge in [0.15, 0.2) is 0 Å². The first-order valence-corrected chi connectivity index (χ1v) is 12.3. The monoisotopic (exact) mass is 436 g/mol. The molecule has 0 nitrogen and oxygen atoms in total. The SMILES string of the molecule is CSC1([P+](c2ccccc2)(c2ccccc2)c2ccccc2)CC1.F[B-](F)(F)F. The van der Waals surface area contributed by atoms with E-state index in [1.165, 1.54) is 28.8 Å². The van der Waals surface area contributed by atoms with Gasteiger partial charge in [-0.2, -0.15) is 0 Å². The summed E-state index contributed by atoms with van der Waals surface area (Å²) in [6.07, 6.45) is 4.91. The van der Waals surface area contributed by atoms with Crippen molar-refractivity contribution in [1.82, 2.24) is 0 Å². The third-order valence-electron chi connectivity index (χ3n) is 5.10. The molecule has 0 amide bonds. The van der Waals surface area contributed by atoms with Crippen molar-refractivity contribution < 1.29 is 17.3 Å². The smallest absolute Gasteiger partial charge is 0.418 e. The van der Waals surface area contributed by atoms with Gasteiger partial charge >= 0.3 is 7.25 Å². The Kier molecular flexibility index (Phi) is 6.75. The summed E-state index contributed by atoms with van der Waals surface area (Å²) in [5.41, 5.74) is 0. The van der Waals surface area contributed by atoms with Crippen LogP contribution in [0.25, 0.3) is 0 Å². The maximum Gasteiger partial charge on any atom is 0.673 e. The van der Waals surface area contributed by atoms with Gasteiger partial charge in [-0.05, 0) is 42.7 Å². The molecule has 3 aromatic carbocycles. The molecular weight excluding hydrogens is 414 g/mol. The Morgan fingerprint density at radius 3 is 1.14 bits per heavy atom. The topological polar surface area (TPSA) is 0 Å². The second-order valence-electron chi connectivity index (χ2n) is 6.82. The van der Waals surface area contributed by atoms with Gasteiger partial charge in [0.05, 0.1) is 0 Å². The standard InChI is InChI=1S/C22H22PS.BF4/c1-24-22(17-18-22)23(19-11-5-2-6-12-19,20-13-7-3-8-14-20)21-15-9-4-10-16-21;2-1(3,4)5/h2-16H,17-18H2,1H3;/q+1;-1. The van der Waals surface area contributed by atoms with Gasteiger partial charge in [0.2, 0.25) is 0 Å². The van der Waals surface area contributed by atoms with Crippen LogP contribution in [0.3, 0.4) is 0 Å². The molecule has 7 heteroatoms. The molecule has 0 aromatic heterocycles. The fraction of sp³-hybridized carbons (Fsp3) is 0.182. The van der Waals surface area contributed by atoms with Crippen LogP contribution in [0.5, 0.6) is 0 Å². The normalized spacial score (nSPS) is 15.2. The molecule has 0 atom stereocenters. The van der Waals surface area contributed by atoms with Gasteiger partial charge in [-0.15, -0.1) is 11.8 Å². The van der Waals surface area contributed by atoms with Crippen LogP contribution in [0.2, 0.25) is 0 Å². The Morgan fingerprint density at radius 1 is 0.655 bits per heavy atom. The molecule has 0 spiro atoms. The minimum absolute atomic E-state index is 0.344. The van der Waals surface area contributed by atoms with E-state index in [-0.39, 0.29) is 0 Å². The maximum atomic E-state index is 9.75. The molecule has 0 radical (unpaired) electrons. The predicted octanol–water partition coefficient (Wildman–Crippen LogP) is 6.13. The highest BCUT2D eigenvalue weighted by atomic mass is 32.2. The molecule has 1 aliphatic rings. The summed E-state index contributed by atoms with van der Waals surface area (Å²) in [6, 6.07) is 33.7. The van der Waals surface area contributed by atoms with E-state index in [0.29, 0.717) is 4.49 Å². The Bertz CT molecular complexity index is 798. The molecule has 152 valence electrons. The van der Waals surface area contributed by atoms with Crippen LogP contribution in [-0.2, 0) is 0 Å². The highest BCUT2D eigenvalue weighted by molar-refractivity contribution is 8.15. The third-order valence-corrected chi connectivity index (χ3v) is 12.5. The minimum atomic E-state index is -6.00. The zero-order valence-corrected chi connectivity index (χ0v) is 17.7. The molecule has 3 aromatic rings. The highest BCUT2D eigenvalue weighted by Crippen LogP contribution is 2.79. The fourth-order valence-electron chi connectivity index (χ4n) is 3.89. The van der Waals surface area contributed by atoms with E-state index in [0.717, 1.165) is 0 Å². The van der Waals surface area contributed by atoms with E-state index in [1.54, 1.807) is 0 Å². The lowest BCUT2D eigenvalue weighted by Crippen LogP contribution is -2.38. The van der Waals surface area contributed by atoms with E-state index in [9.17, 15) is 17.3 Å². The summed E-state index contributed by atoms with van der Waals surface area (Å²) in [6.45, 7) is 0. The number of hydrogen-bond acceptors (Lipinski definition) is 1. The summed E-state index contributed by atoms with van der Waals surface area (Å²) < 4.78 is 39.3. The molecule has 1 saturated carbocycles. The van der Waals surface area contributed by atoms with Crippen molar-refractivity contribution in [2.45, 2.75) is 17.3 Å². The molecule has 0 saturated heterocycles. The van der Waals surface area contributed by atoms with Gasteiger partial charge in [-0.1, -0.05) is 54.6 Å². The molecule has 0 heterocycles. The summed E-state index contributed by atoms with van der Waals surface area (Å²) in [5.74, 6) is 0. The Labute approximate surface area is 174 Å². The molecule has 0 aliphatic heterocycles. The van der Waals surface area contributed by atoms with Crippen LogP contribution in [0.15, 0.2) is 91.0 Å². The highest BCUT2D eigenvalue weighted by Gasteiger charge is 2.69. The number of halogens is 4. The first-order chi connectivity index (χ1) is 13.8. The van der Waals surface area contributed by atoms with Crippen molar-refractivity contribution in [1.29, 1.82) is 0 Å². The van der Waals surface area contributed by atoms with Crippen LogP contribution in [0.1, 0.15) is 12.8 Å². The lowest BCUT2D eigenvalue weighted by Gasteiger charge is -2.34. The first kappa shape index (κ1) is 21.9. The average Bonchev–Trinajstić information content (AvgIpc) is 3.51. The number of hydrogen-bond donors (Lipinski definition) is 0. The third kappa shape index (κ3) is 4.70. The quantitative estimate of drug-likeness (QED) is 0.263. The summed E-state index contributed by atoms with van der Waals surface area (Å²) in [7, 11) is -7.68.